The quantitative estimate of drug-likeness (QED) is 0.0943. The van der Waals surface area contributed by atoms with Crippen molar-refractivity contribution >= 4 is 42.6 Å². The van der Waals surface area contributed by atoms with Crippen molar-refractivity contribution in [2.75, 3.05) is 25.8 Å². The van der Waals surface area contributed by atoms with E-state index in [1.54, 1.807) is 19.2 Å². The molecule has 0 bridgehead atoms. The molecule has 222 valence electrons. The number of hydrogen-bond acceptors (Lipinski definition) is 6. The van der Waals surface area contributed by atoms with Gasteiger partial charge in [-0.1, -0.05) is 29.8 Å². The van der Waals surface area contributed by atoms with Crippen LogP contribution in [0.1, 0.15) is 42.1 Å². The van der Waals surface area contributed by atoms with E-state index in [1.807, 2.05) is 16.9 Å². The molecule has 42 heavy (non-hydrogen) atoms. The summed E-state index contributed by atoms with van der Waals surface area (Å²) in [6, 6.07) is 9.21. The van der Waals surface area contributed by atoms with E-state index in [1.165, 1.54) is 36.3 Å². The molecule has 4 rings (SSSR count). The lowest BCUT2D eigenvalue weighted by molar-refractivity contribution is -0.109. The molecule has 0 amide bonds. The molecule has 1 aromatic heterocycles. The third kappa shape index (κ3) is 6.97. The van der Waals surface area contributed by atoms with E-state index in [9.17, 15) is 13.6 Å². The van der Waals surface area contributed by atoms with Crippen LogP contribution in [0.25, 0.3) is 11.3 Å². The first-order chi connectivity index (χ1) is 20.2. The van der Waals surface area contributed by atoms with Crippen LogP contribution in [0.5, 0.6) is 0 Å². The predicted octanol–water partition coefficient (Wildman–Crippen LogP) is 5.22. The topological polar surface area (TPSA) is 114 Å². The molecule has 1 aliphatic rings. The largest absolute Gasteiger partial charge is 0.382 e. The van der Waals surface area contributed by atoms with Crippen LogP contribution >= 0.6 is 11.6 Å². The number of aldehydes is 1. The molecule has 0 aliphatic heterocycles. The zero-order valence-corrected chi connectivity index (χ0v) is 23.7. The second kappa shape index (κ2) is 13.6. The molecule has 0 radical (unpaired) electrons. The maximum atomic E-state index is 15.2. The SMILES string of the molecule is C=N/C=N\N(c1cc(C(COC)N(C)C(N)=NC(C=O)c2ccc(-c3ccn(C4CC4)n3)cc2F)ccc1Cl)C(F)F. The Kier molecular flexibility index (Phi) is 9.96. The fraction of sp³-hybridized carbons (Fsp3) is 0.321. The Morgan fingerprint density at radius 3 is 2.67 bits per heavy atom. The number of alkyl halides is 2. The average molecular weight is 603 g/mol. The number of aliphatic imine (C=N–C) groups is 2. The third-order valence-corrected chi connectivity index (χ3v) is 7.06. The van der Waals surface area contributed by atoms with Gasteiger partial charge in [-0.3, -0.25) is 9.67 Å². The molecule has 10 nitrogen and oxygen atoms in total. The number of carbonyl (C=O) groups excluding carboxylic acids is 1. The van der Waals surface area contributed by atoms with E-state index < -0.39 is 24.5 Å². The molecule has 2 aromatic carbocycles. The summed E-state index contributed by atoms with van der Waals surface area (Å²) < 4.78 is 49.9. The molecule has 1 fully saturated rings. The van der Waals surface area contributed by atoms with Gasteiger partial charge in [0.25, 0.3) is 0 Å². The fourth-order valence-corrected chi connectivity index (χ4v) is 4.54. The number of anilines is 1. The molecule has 2 unspecified atom stereocenters. The van der Waals surface area contributed by atoms with E-state index in [2.05, 4.69) is 26.9 Å². The highest BCUT2D eigenvalue weighted by Gasteiger charge is 2.26. The van der Waals surface area contributed by atoms with Gasteiger partial charge in [0.1, 0.15) is 24.5 Å². The van der Waals surface area contributed by atoms with Gasteiger partial charge in [-0.05, 0) is 49.4 Å². The van der Waals surface area contributed by atoms with Gasteiger partial charge in [0.15, 0.2) is 5.96 Å². The third-order valence-electron chi connectivity index (χ3n) is 6.74. The summed E-state index contributed by atoms with van der Waals surface area (Å²) in [6.07, 6.45) is 5.36. The summed E-state index contributed by atoms with van der Waals surface area (Å²) in [5.41, 5.74) is 7.89. The van der Waals surface area contributed by atoms with Gasteiger partial charge < -0.3 is 20.2 Å². The first-order valence-electron chi connectivity index (χ1n) is 12.9. The minimum absolute atomic E-state index is 0.0139. The van der Waals surface area contributed by atoms with Gasteiger partial charge in [-0.2, -0.15) is 19.0 Å². The van der Waals surface area contributed by atoms with Gasteiger partial charge in [0, 0.05) is 31.5 Å². The maximum absolute atomic E-state index is 15.2. The van der Waals surface area contributed by atoms with Crippen LogP contribution in [0.2, 0.25) is 5.02 Å². The zero-order chi connectivity index (χ0) is 30.4. The molecule has 2 N–H and O–H groups in total. The van der Waals surface area contributed by atoms with Gasteiger partial charge in [-0.15, -0.1) is 0 Å². The van der Waals surface area contributed by atoms with Gasteiger partial charge >= 0.3 is 6.55 Å². The number of halogens is 4. The van der Waals surface area contributed by atoms with Crippen molar-refractivity contribution in [3.63, 3.8) is 0 Å². The normalized spacial score (nSPS) is 15.2. The van der Waals surface area contributed by atoms with Crippen LogP contribution in [0, 0.1) is 5.82 Å². The standard InChI is InChI=1S/C28H30ClF3N8O2/c1-34-16-35-40(27(31)32)25-13-18(5-9-21(25)29)26(15-42-3)38(2)28(33)36-24(14-41)20-8-4-17(12-22(20)30)23-10-11-39(37-23)19-6-7-19/h4-5,8-14,16,19,24,26-27H,1,6-7,15H2,2-3H3,(H2,33,36)/b35-16-. The zero-order valence-electron chi connectivity index (χ0n) is 22.9. The Morgan fingerprint density at radius 1 is 1.29 bits per heavy atom. The molecular weight excluding hydrogens is 573 g/mol. The number of rotatable bonds is 13. The highest BCUT2D eigenvalue weighted by Crippen LogP contribution is 2.36. The van der Waals surface area contributed by atoms with Crippen LogP contribution in [-0.2, 0) is 9.53 Å². The Labute approximate surface area is 245 Å². The van der Waals surface area contributed by atoms with Crippen LogP contribution in [0.3, 0.4) is 0 Å². The van der Waals surface area contributed by atoms with Crippen molar-refractivity contribution in [1.29, 1.82) is 0 Å². The number of hydrogen-bond donors (Lipinski definition) is 1. The van der Waals surface area contributed by atoms with E-state index in [0.717, 1.165) is 19.2 Å². The van der Waals surface area contributed by atoms with E-state index >= 15 is 4.39 Å². The summed E-state index contributed by atoms with van der Waals surface area (Å²) in [5, 5.41) is 8.52. The maximum Gasteiger partial charge on any atom is 0.333 e. The monoisotopic (exact) mass is 602 g/mol. The molecule has 2 atom stereocenters. The van der Waals surface area contributed by atoms with Crippen LogP contribution < -0.4 is 10.7 Å². The highest BCUT2D eigenvalue weighted by atomic mass is 35.5. The fourth-order valence-electron chi connectivity index (χ4n) is 4.34. The van der Waals surface area contributed by atoms with E-state index in [-0.39, 0.29) is 28.8 Å². The Hall–Kier alpha value is -4.23. The summed E-state index contributed by atoms with van der Waals surface area (Å²) >= 11 is 6.21. The molecule has 14 heteroatoms. The van der Waals surface area contributed by atoms with Crippen LogP contribution in [-0.4, -0.2) is 67.3 Å². The van der Waals surface area contributed by atoms with Crippen molar-refractivity contribution in [2.45, 2.75) is 37.5 Å². The number of benzene rings is 2. The van der Waals surface area contributed by atoms with E-state index in [4.69, 9.17) is 22.1 Å². The van der Waals surface area contributed by atoms with Crippen molar-refractivity contribution < 1.29 is 22.7 Å². The minimum Gasteiger partial charge on any atom is -0.382 e. The minimum atomic E-state index is -3.02. The molecular formula is C28H30ClF3N8O2. The lowest BCUT2D eigenvalue weighted by Crippen LogP contribution is -2.39. The number of nitrogens with zero attached hydrogens (tertiary/aromatic N) is 7. The number of guanidine groups is 1. The first kappa shape index (κ1) is 30.7. The van der Waals surface area contributed by atoms with E-state index in [0.29, 0.717) is 34.2 Å². The number of ether oxygens (including phenoxy) is 1. The summed E-state index contributed by atoms with van der Waals surface area (Å²) in [5.74, 6) is -0.751. The number of nitrogens with two attached hydrogens (primary N) is 1. The smallest absolute Gasteiger partial charge is 0.333 e. The highest BCUT2D eigenvalue weighted by molar-refractivity contribution is 6.33. The first-order valence-corrected chi connectivity index (χ1v) is 13.3. The lowest BCUT2D eigenvalue weighted by atomic mass is 10.0. The Morgan fingerprint density at radius 2 is 2.05 bits per heavy atom. The molecule has 3 aromatic rings. The summed E-state index contributed by atoms with van der Waals surface area (Å²) in [7, 11) is 3.04. The van der Waals surface area contributed by atoms with Crippen molar-refractivity contribution in [1.82, 2.24) is 14.7 Å². The van der Waals surface area contributed by atoms with Crippen molar-refractivity contribution in [2.24, 2.45) is 20.8 Å². The summed E-state index contributed by atoms with van der Waals surface area (Å²) in [6.45, 7) is 0.233. The second-order valence-electron chi connectivity index (χ2n) is 9.55. The predicted molar refractivity (Wildman–Crippen MR) is 157 cm³/mol. The second-order valence-corrected chi connectivity index (χ2v) is 9.95. The van der Waals surface area contributed by atoms with Gasteiger partial charge in [0.05, 0.1) is 35.1 Å². The van der Waals surface area contributed by atoms with Crippen molar-refractivity contribution in [3.8, 4) is 11.3 Å². The molecule has 1 heterocycles. The average Bonchev–Trinajstić information content (AvgIpc) is 3.71. The van der Waals surface area contributed by atoms with Gasteiger partial charge in [0.2, 0.25) is 0 Å². The number of aromatic nitrogens is 2. The lowest BCUT2D eigenvalue weighted by Gasteiger charge is -2.30. The molecule has 1 saturated carbocycles. The van der Waals surface area contributed by atoms with Gasteiger partial charge in [-0.25, -0.2) is 14.4 Å². The number of carbonyl (C=O) groups is 1. The Balaban J connectivity index is 1.60. The van der Waals surface area contributed by atoms with Crippen molar-refractivity contribution in [3.05, 3.63) is 70.6 Å². The molecule has 0 saturated heterocycles. The molecule has 1 aliphatic carbocycles. The van der Waals surface area contributed by atoms with Crippen LogP contribution in [0.15, 0.2) is 63.7 Å². The summed E-state index contributed by atoms with van der Waals surface area (Å²) in [4.78, 5) is 21.2. The Bertz CT molecular complexity index is 1480. The van der Waals surface area contributed by atoms with Crippen LogP contribution in [0.4, 0.5) is 18.9 Å². The number of methoxy groups -OCH3 is 1. The number of hydrazone groups is 1. The number of likely N-dealkylation sites (N-methyl/N-ethyl adjacent to an activating group) is 1. The molecule has 0 spiro atoms.